The van der Waals surface area contributed by atoms with Crippen LogP contribution in [0.25, 0.3) is 0 Å². The third-order valence-corrected chi connectivity index (χ3v) is 3.64. The Morgan fingerprint density at radius 3 is 2.48 bits per heavy atom. The van der Waals surface area contributed by atoms with Crippen LogP contribution >= 0.6 is 15.9 Å². The molecule has 2 amide bonds. The molecule has 8 heteroatoms. The maximum absolute atomic E-state index is 13.6. The van der Waals surface area contributed by atoms with E-state index in [1.165, 1.54) is 0 Å². The van der Waals surface area contributed by atoms with Crippen LogP contribution in [-0.4, -0.2) is 23.1 Å². The smallest absolute Gasteiger partial charge is 0.326 e. The summed E-state index contributed by atoms with van der Waals surface area (Å²) in [6.45, 7) is 3.46. The number of carboxylic acid groups (broad SMARTS) is 1. The number of urea groups is 1. The predicted octanol–water partition coefficient (Wildman–Crippen LogP) is 3.35. The predicted molar refractivity (Wildman–Crippen MR) is 77.1 cm³/mol. The number of anilines is 1. The normalized spacial score (nSPS) is 13.4. The highest BCUT2D eigenvalue weighted by molar-refractivity contribution is 9.10. The fourth-order valence-electron chi connectivity index (χ4n) is 1.64. The Labute approximate surface area is 128 Å². The Morgan fingerprint density at radius 2 is 2.00 bits per heavy atom. The first-order valence-corrected chi connectivity index (χ1v) is 7.00. The molecule has 1 rings (SSSR count). The van der Waals surface area contributed by atoms with Crippen LogP contribution < -0.4 is 10.6 Å². The Kier molecular flexibility index (Phi) is 6.07. The molecule has 21 heavy (non-hydrogen) atoms. The van der Waals surface area contributed by atoms with Crippen molar-refractivity contribution >= 4 is 33.6 Å². The zero-order chi connectivity index (χ0) is 16.2. The third kappa shape index (κ3) is 4.66. The molecule has 116 valence electrons. The van der Waals surface area contributed by atoms with Crippen LogP contribution in [0.2, 0.25) is 0 Å². The van der Waals surface area contributed by atoms with Gasteiger partial charge < -0.3 is 15.7 Å². The molecular formula is C13H15BrF2N2O3. The van der Waals surface area contributed by atoms with Crippen molar-refractivity contribution in [2.45, 2.75) is 26.3 Å². The van der Waals surface area contributed by atoms with Crippen LogP contribution in [0.3, 0.4) is 0 Å². The van der Waals surface area contributed by atoms with Crippen molar-refractivity contribution in [2.24, 2.45) is 5.92 Å². The van der Waals surface area contributed by atoms with Gasteiger partial charge in [0.25, 0.3) is 0 Å². The summed E-state index contributed by atoms with van der Waals surface area (Å²) in [6.07, 6.45) is 0.547. The molecule has 1 aromatic carbocycles. The van der Waals surface area contributed by atoms with Crippen molar-refractivity contribution in [3.05, 3.63) is 28.2 Å². The fourth-order valence-corrected chi connectivity index (χ4v) is 2.14. The average Bonchev–Trinajstić information content (AvgIpc) is 2.39. The number of rotatable bonds is 5. The number of carbonyl (C=O) groups is 2. The van der Waals surface area contributed by atoms with Crippen molar-refractivity contribution in [1.29, 1.82) is 0 Å². The van der Waals surface area contributed by atoms with Crippen LogP contribution in [0.15, 0.2) is 16.6 Å². The minimum absolute atomic E-state index is 0.0190. The highest BCUT2D eigenvalue weighted by Gasteiger charge is 2.25. The number of hydrogen-bond donors (Lipinski definition) is 3. The zero-order valence-electron chi connectivity index (χ0n) is 11.4. The fraction of sp³-hybridized carbons (Fsp3) is 0.385. The van der Waals surface area contributed by atoms with E-state index in [1.807, 2.05) is 0 Å². The second-order valence-electron chi connectivity index (χ2n) is 4.54. The monoisotopic (exact) mass is 364 g/mol. The summed E-state index contributed by atoms with van der Waals surface area (Å²) in [4.78, 5) is 22.9. The molecule has 0 saturated carbocycles. The first-order valence-electron chi connectivity index (χ1n) is 6.21. The van der Waals surface area contributed by atoms with E-state index >= 15 is 0 Å². The van der Waals surface area contributed by atoms with Gasteiger partial charge in [-0.1, -0.05) is 20.3 Å². The van der Waals surface area contributed by atoms with Gasteiger partial charge in [0.2, 0.25) is 0 Å². The molecule has 0 aliphatic heterocycles. The van der Waals surface area contributed by atoms with Crippen LogP contribution in [-0.2, 0) is 4.79 Å². The molecule has 0 heterocycles. The topological polar surface area (TPSA) is 78.4 Å². The highest BCUT2D eigenvalue weighted by atomic mass is 79.9. The molecule has 0 aromatic heterocycles. The Hall–Kier alpha value is -1.70. The van der Waals surface area contributed by atoms with E-state index in [4.69, 9.17) is 5.11 Å². The number of aliphatic carboxylic acids is 1. The van der Waals surface area contributed by atoms with Gasteiger partial charge in [0.05, 0.1) is 5.69 Å². The maximum Gasteiger partial charge on any atom is 0.326 e. The zero-order valence-corrected chi connectivity index (χ0v) is 13.0. The summed E-state index contributed by atoms with van der Waals surface area (Å²) >= 11 is 2.93. The van der Waals surface area contributed by atoms with Gasteiger partial charge >= 0.3 is 12.0 Å². The quantitative estimate of drug-likeness (QED) is 0.749. The van der Waals surface area contributed by atoms with Gasteiger partial charge in [-0.3, -0.25) is 0 Å². The van der Waals surface area contributed by atoms with Crippen molar-refractivity contribution in [3.8, 4) is 0 Å². The molecule has 0 radical (unpaired) electrons. The van der Waals surface area contributed by atoms with Crippen molar-refractivity contribution in [2.75, 3.05) is 5.32 Å². The van der Waals surface area contributed by atoms with Gasteiger partial charge in [0, 0.05) is 10.5 Å². The van der Waals surface area contributed by atoms with E-state index in [0.717, 1.165) is 6.07 Å². The van der Waals surface area contributed by atoms with Gasteiger partial charge in [0.1, 0.15) is 11.9 Å². The van der Waals surface area contributed by atoms with Crippen LogP contribution in [0, 0.1) is 17.6 Å². The van der Waals surface area contributed by atoms with Crippen molar-refractivity contribution in [3.63, 3.8) is 0 Å². The number of hydrogen-bond acceptors (Lipinski definition) is 2. The number of carbonyl (C=O) groups excluding carboxylic acids is 1. The van der Waals surface area contributed by atoms with Crippen LogP contribution in [0.5, 0.6) is 0 Å². The third-order valence-electron chi connectivity index (χ3n) is 3.01. The second kappa shape index (κ2) is 7.35. The van der Waals surface area contributed by atoms with Gasteiger partial charge in [0.15, 0.2) is 5.82 Å². The molecule has 0 aliphatic carbocycles. The summed E-state index contributed by atoms with van der Waals surface area (Å²) < 4.78 is 26.5. The number of amides is 2. The second-order valence-corrected chi connectivity index (χ2v) is 5.40. The first kappa shape index (κ1) is 17.4. The van der Waals surface area contributed by atoms with E-state index in [2.05, 4.69) is 26.6 Å². The van der Waals surface area contributed by atoms with Crippen molar-refractivity contribution in [1.82, 2.24) is 5.32 Å². The lowest BCUT2D eigenvalue weighted by molar-refractivity contribution is -0.140. The Morgan fingerprint density at radius 1 is 1.38 bits per heavy atom. The molecule has 0 aliphatic rings. The van der Waals surface area contributed by atoms with E-state index < -0.39 is 29.7 Å². The Balaban J connectivity index is 2.84. The molecular weight excluding hydrogens is 350 g/mol. The van der Waals surface area contributed by atoms with Crippen LogP contribution in [0.4, 0.5) is 19.3 Å². The van der Waals surface area contributed by atoms with E-state index in [9.17, 15) is 18.4 Å². The molecule has 1 aromatic rings. The van der Waals surface area contributed by atoms with Gasteiger partial charge in [-0.15, -0.1) is 0 Å². The summed E-state index contributed by atoms with van der Waals surface area (Å²) in [7, 11) is 0. The minimum Gasteiger partial charge on any atom is -0.480 e. The molecule has 0 fully saturated rings. The summed E-state index contributed by atoms with van der Waals surface area (Å²) in [5.74, 6) is -3.24. The van der Waals surface area contributed by atoms with Gasteiger partial charge in [-0.2, -0.15) is 0 Å². The van der Waals surface area contributed by atoms with Gasteiger partial charge in [-0.05, 0) is 27.9 Å². The lowest BCUT2D eigenvalue weighted by atomic mass is 9.99. The number of carboxylic acids is 1. The molecule has 2 atom stereocenters. The molecule has 0 bridgehead atoms. The first-order chi connectivity index (χ1) is 9.76. The number of halogens is 3. The number of benzene rings is 1. The molecule has 5 nitrogen and oxygen atoms in total. The lowest BCUT2D eigenvalue weighted by Gasteiger charge is -2.20. The minimum atomic E-state index is -1.18. The highest BCUT2D eigenvalue weighted by Crippen LogP contribution is 2.26. The Bertz CT molecular complexity index is 531. The van der Waals surface area contributed by atoms with Crippen molar-refractivity contribution < 1.29 is 23.5 Å². The van der Waals surface area contributed by atoms with E-state index in [0.29, 0.717) is 12.5 Å². The van der Waals surface area contributed by atoms with E-state index in [-0.39, 0.29) is 16.1 Å². The maximum atomic E-state index is 13.6. The molecule has 0 saturated heterocycles. The summed E-state index contributed by atoms with van der Waals surface area (Å²) in [5, 5.41) is 13.5. The molecule has 0 spiro atoms. The largest absolute Gasteiger partial charge is 0.480 e. The molecule has 1 unspecified atom stereocenters. The summed E-state index contributed by atoms with van der Waals surface area (Å²) in [5.41, 5.74) is -0.262. The molecule has 3 N–H and O–H groups in total. The lowest BCUT2D eigenvalue weighted by Crippen LogP contribution is -2.46. The summed E-state index contributed by atoms with van der Waals surface area (Å²) in [6, 6.07) is -0.377. The average molecular weight is 365 g/mol. The van der Waals surface area contributed by atoms with Gasteiger partial charge in [-0.25, -0.2) is 18.4 Å². The standard InChI is InChI=1S/C13H15BrF2N2O3/c1-3-6(2)10(12(19)20)17-13(21)18-11-8(14)4-7(15)5-9(11)16/h4-6,10H,3H2,1-2H3,(H,19,20)(H2,17,18,21)/t6?,10-/m0/s1. The van der Waals surface area contributed by atoms with E-state index in [1.54, 1.807) is 13.8 Å². The SMILES string of the molecule is CCC(C)[C@H](NC(=O)Nc1c(F)cc(F)cc1Br)C(=O)O. The number of nitrogens with one attached hydrogen (secondary N) is 2. The van der Waals surface area contributed by atoms with Crippen LogP contribution in [0.1, 0.15) is 20.3 Å².